The van der Waals surface area contributed by atoms with Crippen molar-refractivity contribution in [2.24, 2.45) is 0 Å². The normalized spacial score (nSPS) is 15.3. The van der Waals surface area contributed by atoms with Crippen molar-refractivity contribution < 1.29 is 14.6 Å². The van der Waals surface area contributed by atoms with Gasteiger partial charge in [0, 0.05) is 0 Å². The van der Waals surface area contributed by atoms with Gasteiger partial charge in [0.25, 0.3) is 0 Å². The molecule has 0 fully saturated rings. The van der Waals surface area contributed by atoms with E-state index in [1.54, 1.807) is 6.07 Å². The van der Waals surface area contributed by atoms with Crippen LogP contribution in [0.3, 0.4) is 0 Å². The Kier molecular flexibility index (Phi) is 5.34. The number of aliphatic hydroxyl groups is 1. The number of aliphatic hydroxyl groups excluding tert-OH is 1. The topological polar surface area (TPSA) is 38.7 Å². The molecule has 1 aliphatic heterocycles. The number of benzene rings is 1. The van der Waals surface area contributed by atoms with Crippen LogP contribution in [0.2, 0.25) is 5.02 Å². The zero-order valence-electron chi connectivity index (χ0n) is 11.3. The van der Waals surface area contributed by atoms with E-state index < -0.39 is 6.10 Å². The third-order valence-corrected chi connectivity index (χ3v) is 3.62. The first-order valence-corrected chi connectivity index (χ1v) is 7.37. The maximum Gasteiger partial charge on any atom is 0.179 e. The number of unbranched alkanes of at least 4 members (excludes halogenated alkanes) is 3. The van der Waals surface area contributed by atoms with Crippen molar-refractivity contribution in [3.05, 3.63) is 22.7 Å². The summed E-state index contributed by atoms with van der Waals surface area (Å²) in [4.78, 5) is 0. The third-order valence-electron chi connectivity index (χ3n) is 3.34. The lowest BCUT2D eigenvalue weighted by atomic mass is 10.0. The molecular weight excluding hydrogens is 264 g/mol. The summed E-state index contributed by atoms with van der Waals surface area (Å²) in [6.07, 6.45) is 4.88. The van der Waals surface area contributed by atoms with Crippen molar-refractivity contribution in [2.75, 3.05) is 13.2 Å². The molecule has 4 heteroatoms. The van der Waals surface area contributed by atoms with E-state index in [-0.39, 0.29) is 0 Å². The van der Waals surface area contributed by atoms with Crippen LogP contribution >= 0.6 is 11.6 Å². The summed E-state index contributed by atoms with van der Waals surface area (Å²) in [6, 6.07) is 3.62. The minimum absolute atomic E-state index is 0.481. The average molecular weight is 285 g/mol. The molecule has 1 aromatic carbocycles. The van der Waals surface area contributed by atoms with Gasteiger partial charge < -0.3 is 14.6 Å². The van der Waals surface area contributed by atoms with Crippen molar-refractivity contribution >= 4 is 11.6 Å². The van der Waals surface area contributed by atoms with E-state index >= 15 is 0 Å². The van der Waals surface area contributed by atoms with Crippen LogP contribution in [-0.2, 0) is 0 Å². The Labute approximate surface area is 119 Å². The van der Waals surface area contributed by atoms with Crippen molar-refractivity contribution in [1.29, 1.82) is 0 Å². The largest absolute Gasteiger partial charge is 0.486 e. The monoisotopic (exact) mass is 284 g/mol. The fourth-order valence-electron chi connectivity index (χ4n) is 2.25. The van der Waals surface area contributed by atoms with Gasteiger partial charge in [-0.05, 0) is 24.1 Å². The molecule has 19 heavy (non-hydrogen) atoms. The summed E-state index contributed by atoms with van der Waals surface area (Å²) in [7, 11) is 0. The number of halogens is 1. The van der Waals surface area contributed by atoms with Gasteiger partial charge in [-0.25, -0.2) is 0 Å². The van der Waals surface area contributed by atoms with Gasteiger partial charge in [0.2, 0.25) is 0 Å². The zero-order chi connectivity index (χ0) is 13.7. The smallest absolute Gasteiger partial charge is 0.179 e. The van der Waals surface area contributed by atoms with E-state index in [2.05, 4.69) is 6.92 Å². The van der Waals surface area contributed by atoms with Crippen molar-refractivity contribution in [2.45, 2.75) is 45.1 Å². The quantitative estimate of drug-likeness (QED) is 0.799. The van der Waals surface area contributed by atoms with Crippen molar-refractivity contribution in [3.63, 3.8) is 0 Å². The summed E-state index contributed by atoms with van der Waals surface area (Å²) >= 11 is 6.16. The SMILES string of the molecule is CCCCCCC(O)c1cc(Cl)c2c(c1)OCCO2. The molecule has 0 amide bonds. The van der Waals surface area contributed by atoms with Gasteiger partial charge in [-0.3, -0.25) is 0 Å². The Bertz CT molecular complexity index is 420. The van der Waals surface area contributed by atoms with E-state index in [0.717, 1.165) is 24.8 Å². The van der Waals surface area contributed by atoms with Gasteiger partial charge >= 0.3 is 0 Å². The van der Waals surface area contributed by atoms with Gasteiger partial charge in [0.05, 0.1) is 11.1 Å². The number of rotatable bonds is 6. The maximum absolute atomic E-state index is 10.2. The Morgan fingerprint density at radius 2 is 2.00 bits per heavy atom. The summed E-state index contributed by atoms with van der Waals surface area (Å²) in [5.41, 5.74) is 0.811. The molecular formula is C15H21ClO3. The van der Waals surface area contributed by atoms with E-state index in [1.807, 2.05) is 6.07 Å². The highest BCUT2D eigenvalue weighted by Gasteiger charge is 2.19. The van der Waals surface area contributed by atoms with Crippen LogP contribution < -0.4 is 9.47 Å². The first-order chi connectivity index (χ1) is 9.22. The summed E-state index contributed by atoms with van der Waals surface area (Å²) < 4.78 is 11.0. The average Bonchev–Trinajstić information content (AvgIpc) is 2.43. The van der Waals surface area contributed by atoms with Gasteiger partial charge in [-0.1, -0.05) is 44.2 Å². The second kappa shape index (κ2) is 7.01. The molecule has 1 aromatic rings. The Morgan fingerprint density at radius 1 is 1.21 bits per heavy atom. The predicted molar refractivity (Wildman–Crippen MR) is 76.2 cm³/mol. The molecule has 0 saturated heterocycles. The molecule has 0 saturated carbocycles. The number of fused-ring (bicyclic) bond motifs is 1. The Hall–Kier alpha value is -0.930. The van der Waals surface area contributed by atoms with Crippen LogP contribution in [0.15, 0.2) is 12.1 Å². The van der Waals surface area contributed by atoms with Gasteiger partial charge in [0.1, 0.15) is 13.2 Å². The molecule has 0 bridgehead atoms. The molecule has 1 atom stereocenters. The summed E-state index contributed by atoms with van der Waals surface area (Å²) in [5, 5.41) is 10.7. The van der Waals surface area contributed by atoms with Crippen LogP contribution in [0, 0.1) is 0 Å². The molecule has 106 valence electrons. The van der Waals surface area contributed by atoms with Crippen molar-refractivity contribution in [1.82, 2.24) is 0 Å². The van der Waals surface area contributed by atoms with Crippen LogP contribution in [0.4, 0.5) is 0 Å². The molecule has 0 aromatic heterocycles. The lowest BCUT2D eigenvalue weighted by Crippen LogP contribution is -2.16. The highest BCUT2D eigenvalue weighted by molar-refractivity contribution is 6.32. The van der Waals surface area contributed by atoms with Gasteiger partial charge in [-0.2, -0.15) is 0 Å². The van der Waals surface area contributed by atoms with E-state index in [9.17, 15) is 5.11 Å². The molecule has 1 unspecified atom stereocenters. The molecule has 0 aliphatic carbocycles. The van der Waals surface area contributed by atoms with E-state index in [0.29, 0.717) is 29.7 Å². The second-order valence-corrected chi connectivity index (χ2v) is 5.30. The van der Waals surface area contributed by atoms with Gasteiger partial charge in [0.15, 0.2) is 11.5 Å². The van der Waals surface area contributed by atoms with Crippen LogP contribution in [0.1, 0.15) is 50.7 Å². The van der Waals surface area contributed by atoms with Crippen LogP contribution in [0.5, 0.6) is 11.5 Å². The van der Waals surface area contributed by atoms with Crippen LogP contribution in [-0.4, -0.2) is 18.3 Å². The molecule has 0 radical (unpaired) electrons. The standard InChI is InChI=1S/C15H21ClO3/c1-2-3-4-5-6-13(17)11-9-12(16)15-14(10-11)18-7-8-19-15/h9-10,13,17H,2-8H2,1H3. The number of ether oxygens (including phenoxy) is 2. The number of hydrogen-bond acceptors (Lipinski definition) is 3. The molecule has 3 nitrogen and oxygen atoms in total. The maximum atomic E-state index is 10.2. The Balaban J connectivity index is 2.01. The van der Waals surface area contributed by atoms with E-state index in [4.69, 9.17) is 21.1 Å². The zero-order valence-corrected chi connectivity index (χ0v) is 12.1. The van der Waals surface area contributed by atoms with Crippen LogP contribution in [0.25, 0.3) is 0 Å². The molecule has 1 heterocycles. The third kappa shape index (κ3) is 3.77. The minimum atomic E-state index is -0.481. The predicted octanol–water partition coefficient (Wildman–Crippen LogP) is 4.12. The fraction of sp³-hybridized carbons (Fsp3) is 0.600. The molecule has 2 rings (SSSR count). The Morgan fingerprint density at radius 3 is 2.79 bits per heavy atom. The second-order valence-electron chi connectivity index (χ2n) is 4.89. The van der Waals surface area contributed by atoms with Gasteiger partial charge in [-0.15, -0.1) is 0 Å². The lowest BCUT2D eigenvalue weighted by Gasteiger charge is -2.21. The first-order valence-electron chi connectivity index (χ1n) is 6.99. The lowest BCUT2D eigenvalue weighted by molar-refractivity contribution is 0.157. The highest BCUT2D eigenvalue weighted by atomic mass is 35.5. The number of hydrogen-bond donors (Lipinski definition) is 1. The summed E-state index contributed by atoms with van der Waals surface area (Å²) in [5.74, 6) is 1.23. The summed E-state index contributed by atoms with van der Waals surface area (Å²) in [6.45, 7) is 3.22. The van der Waals surface area contributed by atoms with E-state index in [1.165, 1.54) is 12.8 Å². The molecule has 1 aliphatic rings. The van der Waals surface area contributed by atoms with Crippen molar-refractivity contribution in [3.8, 4) is 11.5 Å². The minimum Gasteiger partial charge on any atom is -0.486 e. The first kappa shape index (κ1) is 14.5. The molecule has 1 N–H and O–H groups in total. The highest BCUT2D eigenvalue weighted by Crippen LogP contribution is 2.40. The molecule has 0 spiro atoms. The fourth-order valence-corrected chi connectivity index (χ4v) is 2.53.